The summed E-state index contributed by atoms with van der Waals surface area (Å²) >= 11 is 1.83. The summed E-state index contributed by atoms with van der Waals surface area (Å²) in [5, 5.41) is 4.07. The first kappa shape index (κ1) is 10.3. The van der Waals surface area contributed by atoms with Crippen LogP contribution in [-0.2, 0) is 0 Å². The van der Waals surface area contributed by atoms with Crippen molar-refractivity contribution >= 4 is 23.4 Å². The zero-order valence-electron chi connectivity index (χ0n) is 8.45. The number of furan rings is 1. The number of carbonyl (C=O) groups excluding carboxylic acids is 1. The first-order valence-corrected chi connectivity index (χ1v) is 5.90. The lowest BCUT2D eigenvalue weighted by molar-refractivity contribution is 0.0953. The maximum atomic E-state index is 11.6. The van der Waals surface area contributed by atoms with Gasteiger partial charge in [-0.2, -0.15) is 16.9 Å². The van der Waals surface area contributed by atoms with Crippen LogP contribution >= 0.6 is 11.8 Å². The molecular weight excluding hydrogens is 212 g/mol. The maximum absolute atomic E-state index is 11.6. The number of thioether (sulfide) groups is 1. The lowest BCUT2D eigenvalue weighted by atomic mass is 10.2. The molecule has 1 aliphatic heterocycles. The van der Waals surface area contributed by atoms with Crippen LogP contribution in [0.15, 0.2) is 21.8 Å². The van der Waals surface area contributed by atoms with E-state index in [2.05, 4.69) is 10.5 Å². The third kappa shape index (κ3) is 2.41. The van der Waals surface area contributed by atoms with Gasteiger partial charge in [-0.15, -0.1) is 0 Å². The lowest BCUT2D eigenvalue weighted by Gasteiger charge is -1.98. The van der Waals surface area contributed by atoms with Crippen molar-refractivity contribution in [2.75, 3.05) is 11.5 Å². The van der Waals surface area contributed by atoms with Crippen molar-refractivity contribution < 1.29 is 9.21 Å². The van der Waals surface area contributed by atoms with E-state index in [1.807, 2.05) is 11.8 Å². The number of hydrogen-bond acceptors (Lipinski definition) is 4. The van der Waals surface area contributed by atoms with Gasteiger partial charge in [-0.05, 0) is 25.2 Å². The summed E-state index contributed by atoms with van der Waals surface area (Å²) in [4.78, 5) is 11.6. The Labute approximate surface area is 92.1 Å². The second-order valence-electron chi connectivity index (χ2n) is 3.31. The van der Waals surface area contributed by atoms with Gasteiger partial charge in [-0.3, -0.25) is 4.79 Å². The Balaban J connectivity index is 1.98. The summed E-state index contributed by atoms with van der Waals surface area (Å²) < 4.78 is 5.04. The molecule has 2 heterocycles. The van der Waals surface area contributed by atoms with Crippen molar-refractivity contribution in [3.05, 3.63) is 23.7 Å². The quantitative estimate of drug-likeness (QED) is 0.779. The zero-order valence-corrected chi connectivity index (χ0v) is 9.26. The van der Waals surface area contributed by atoms with Crippen molar-refractivity contribution in [3.63, 3.8) is 0 Å². The fourth-order valence-electron chi connectivity index (χ4n) is 1.35. The molecule has 0 aromatic carbocycles. The monoisotopic (exact) mass is 224 g/mol. The molecule has 4 nitrogen and oxygen atoms in total. The molecule has 0 radical (unpaired) electrons. The number of aryl methyl sites for hydroxylation is 1. The Morgan fingerprint density at radius 3 is 3.13 bits per heavy atom. The van der Waals surface area contributed by atoms with Crippen LogP contribution in [0.1, 0.15) is 22.5 Å². The standard InChI is InChI=1S/C10H12N2O2S/c1-7-9(2-4-14-7)10(13)12-11-8-3-5-15-6-8/h2,4H,3,5-6H2,1H3,(H,12,13)/b11-8-. The predicted molar refractivity (Wildman–Crippen MR) is 60.3 cm³/mol. The molecule has 1 aliphatic rings. The SMILES string of the molecule is Cc1occc1C(=O)N/N=C1/CCSC1. The number of amides is 1. The highest BCUT2D eigenvalue weighted by molar-refractivity contribution is 8.00. The summed E-state index contributed by atoms with van der Waals surface area (Å²) in [5.74, 6) is 2.43. The zero-order chi connectivity index (χ0) is 10.7. The van der Waals surface area contributed by atoms with Gasteiger partial charge in [0.05, 0.1) is 11.8 Å². The van der Waals surface area contributed by atoms with E-state index in [9.17, 15) is 4.79 Å². The molecule has 0 unspecified atom stereocenters. The van der Waals surface area contributed by atoms with E-state index >= 15 is 0 Å². The summed E-state index contributed by atoms with van der Waals surface area (Å²) in [6.45, 7) is 1.76. The molecule has 1 saturated heterocycles. The molecule has 15 heavy (non-hydrogen) atoms. The highest BCUT2D eigenvalue weighted by atomic mass is 32.2. The number of nitrogens with one attached hydrogen (secondary N) is 1. The number of hydrazone groups is 1. The third-order valence-corrected chi connectivity index (χ3v) is 3.25. The van der Waals surface area contributed by atoms with Gasteiger partial charge in [-0.1, -0.05) is 0 Å². The molecule has 1 aromatic rings. The first-order chi connectivity index (χ1) is 7.27. The second-order valence-corrected chi connectivity index (χ2v) is 4.42. The topological polar surface area (TPSA) is 54.6 Å². The summed E-state index contributed by atoms with van der Waals surface area (Å²) in [6.07, 6.45) is 2.47. The minimum absolute atomic E-state index is 0.203. The smallest absolute Gasteiger partial charge is 0.274 e. The maximum Gasteiger partial charge on any atom is 0.274 e. The normalized spacial score (nSPS) is 18.3. The van der Waals surface area contributed by atoms with E-state index in [4.69, 9.17) is 4.42 Å². The Kier molecular flexibility index (Phi) is 3.11. The fraction of sp³-hybridized carbons (Fsp3) is 0.400. The van der Waals surface area contributed by atoms with Crippen LogP contribution in [0.2, 0.25) is 0 Å². The van der Waals surface area contributed by atoms with Crippen LogP contribution in [0.4, 0.5) is 0 Å². The number of nitrogens with zero attached hydrogens (tertiary/aromatic N) is 1. The molecule has 0 spiro atoms. The molecule has 0 atom stereocenters. The van der Waals surface area contributed by atoms with Crippen LogP contribution in [0.25, 0.3) is 0 Å². The van der Waals surface area contributed by atoms with E-state index < -0.39 is 0 Å². The number of carbonyl (C=O) groups is 1. The minimum atomic E-state index is -0.203. The van der Waals surface area contributed by atoms with Crippen LogP contribution < -0.4 is 5.43 Å². The largest absolute Gasteiger partial charge is 0.469 e. The van der Waals surface area contributed by atoms with E-state index in [0.717, 1.165) is 23.6 Å². The van der Waals surface area contributed by atoms with Crippen molar-refractivity contribution in [2.24, 2.45) is 5.10 Å². The van der Waals surface area contributed by atoms with Crippen LogP contribution in [0.5, 0.6) is 0 Å². The predicted octanol–water partition coefficient (Wildman–Crippen LogP) is 1.81. The molecule has 1 fully saturated rings. The molecular formula is C10H12N2O2S. The molecule has 2 rings (SSSR count). The molecule has 0 aliphatic carbocycles. The van der Waals surface area contributed by atoms with E-state index in [-0.39, 0.29) is 5.91 Å². The van der Waals surface area contributed by atoms with Gasteiger partial charge in [0, 0.05) is 11.5 Å². The van der Waals surface area contributed by atoms with Crippen molar-refractivity contribution in [1.29, 1.82) is 0 Å². The number of rotatable bonds is 2. The molecule has 0 bridgehead atoms. The Bertz CT molecular complexity index is 390. The van der Waals surface area contributed by atoms with Gasteiger partial charge in [0.1, 0.15) is 5.76 Å². The Morgan fingerprint density at radius 2 is 2.53 bits per heavy atom. The van der Waals surface area contributed by atoms with Gasteiger partial charge < -0.3 is 4.42 Å². The van der Waals surface area contributed by atoms with Gasteiger partial charge in [-0.25, -0.2) is 5.43 Å². The fourth-order valence-corrected chi connectivity index (χ4v) is 2.32. The van der Waals surface area contributed by atoms with E-state index in [1.165, 1.54) is 6.26 Å². The molecule has 5 heteroatoms. The molecule has 1 aromatic heterocycles. The Morgan fingerprint density at radius 1 is 1.67 bits per heavy atom. The van der Waals surface area contributed by atoms with Crippen molar-refractivity contribution in [1.82, 2.24) is 5.43 Å². The highest BCUT2D eigenvalue weighted by Crippen LogP contribution is 2.14. The molecule has 0 saturated carbocycles. The number of hydrogen-bond donors (Lipinski definition) is 1. The molecule has 1 amide bonds. The van der Waals surface area contributed by atoms with Gasteiger partial charge in [0.25, 0.3) is 5.91 Å². The molecule has 80 valence electrons. The van der Waals surface area contributed by atoms with E-state index in [1.54, 1.807) is 13.0 Å². The van der Waals surface area contributed by atoms with Crippen LogP contribution in [0, 0.1) is 6.92 Å². The molecule has 1 N–H and O–H groups in total. The second kappa shape index (κ2) is 4.53. The minimum Gasteiger partial charge on any atom is -0.469 e. The summed E-state index contributed by atoms with van der Waals surface area (Å²) in [5.41, 5.74) is 4.14. The summed E-state index contributed by atoms with van der Waals surface area (Å²) in [7, 11) is 0. The third-order valence-electron chi connectivity index (χ3n) is 2.22. The van der Waals surface area contributed by atoms with E-state index in [0.29, 0.717) is 11.3 Å². The average molecular weight is 224 g/mol. The lowest BCUT2D eigenvalue weighted by Crippen LogP contribution is -2.19. The average Bonchev–Trinajstić information content (AvgIpc) is 2.84. The van der Waals surface area contributed by atoms with Gasteiger partial charge >= 0.3 is 0 Å². The highest BCUT2D eigenvalue weighted by Gasteiger charge is 2.12. The summed E-state index contributed by atoms with van der Waals surface area (Å²) in [6, 6.07) is 1.65. The van der Waals surface area contributed by atoms with Crippen molar-refractivity contribution in [3.8, 4) is 0 Å². The first-order valence-electron chi connectivity index (χ1n) is 4.75. The van der Waals surface area contributed by atoms with Gasteiger partial charge in [0.15, 0.2) is 0 Å². The van der Waals surface area contributed by atoms with Crippen molar-refractivity contribution in [2.45, 2.75) is 13.3 Å². The van der Waals surface area contributed by atoms with Crippen LogP contribution in [-0.4, -0.2) is 23.1 Å². The van der Waals surface area contributed by atoms with Crippen LogP contribution in [0.3, 0.4) is 0 Å². The Hall–Kier alpha value is -1.23. The van der Waals surface area contributed by atoms with Gasteiger partial charge in [0.2, 0.25) is 0 Å².